The smallest absolute Gasteiger partial charge is 0.211 e. The van der Waals surface area contributed by atoms with E-state index in [1.165, 1.54) is 0 Å². The number of hydrogen-bond acceptors (Lipinski definition) is 5. The predicted molar refractivity (Wildman–Crippen MR) is 60.8 cm³/mol. The lowest BCUT2D eigenvalue weighted by Crippen LogP contribution is -2.21. The minimum Gasteiger partial charge on any atom is -0.369 e. The summed E-state index contributed by atoms with van der Waals surface area (Å²) < 4.78 is 8.25. The summed E-state index contributed by atoms with van der Waals surface area (Å²) >= 11 is 1.16. The third-order valence-electron chi connectivity index (χ3n) is 1.69. The molecule has 0 aliphatic carbocycles. The van der Waals surface area contributed by atoms with Gasteiger partial charge in [0.1, 0.15) is 11.0 Å². The second-order valence-corrected chi connectivity index (χ2v) is 3.28. The Hall–Kier alpha value is -2.02. The van der Waals surface area contributed by atoms with Crippen LogP contribution >= 0.6 is 11.7 Å². The molecule has 1 aromatic heterocycles. The van der Waals surface area contributed by atoms with Gasteiger partial charge in [-0.2, -0.15) is 13.8 Å². The van der Waals surface area contributed by atoms with Crippen LogP contribution in [-0.2, 0) is 0 Å². The van der Waals surface area contributed by atoms with E-state index in [4.69, 9.17) is 11.5 Å². The number of benzene rings is 1. The molecule has 15 heavy (non-hydrogen) atoms. The van der Waals surface area contributed by atoms with Crippen LogP contribution in [0.15, 0.2) is 28.4 Å². The zero-order valence-electron chi connectivity index (χ0n) is 7.66. The maximum absolute atomic E-state index is 5.14. The van der Waals surface area contributed by atoms with E-state index in [0.29, 0.717) is 0 Å². The van der Waals surface area contributed by atoms with E-state index in [9.17, 15) is 0 Å². The van der Waals surface area contributed by atoms with Gasteiger partial charge in [-0.25, -0.2) is 0 Å². The Balaban J connectivity index is 2.39. The first-order valence-electron chi connectivity index (χ1n) is 4.10. The number of rotatable bonds is 2. The van der Waals surface area contributed by atoms with Crippen molar-refractivity contribution in [3.05, 3.63) is 23.8 Å². The molecule has 0 saturated heterocycles. The van der Waals surface area contributed by atoms with Gasteiger partial charge >= 0.3 is 0 Å². The lowest BCUT2D eigenvalue weighted by molar-refractivity contribution is 1.22. The zero-order valence-corrected chi connectivity index (χ0v) is 8.48. The fourth-order valence-corrected chi connectivity index (χ4v) is 1.65. The van der Waals surface area contributed by atoms with Crippen LogP contribution in [0.25, 0.3) is 11.0 Å². The first-order valence-corrected chi connectivity index (χ1v) is 4.83. The van der Waals surface area contributed by atoms with E-state index < -0.39 is 0 Å². The monoisotopic (exact) mass is 220 g/mol. The predicted octanol–water partition coefficient (Wildman–Crippen LogP) is 0.299. The van der Waals surface area contributed by atoms with Gasteiger partial charge in [0.05, 0.1) is 17.9 Å². The van der Waals surface area contributed by atoms with Crippen molar-refractivity contribution in [2.24, 2.45) is 21.7 Å². The van der Waals surface area contributed by atoms with Crippen LogP contribution in [0.5, 0.6) is 0 Å². The molecule has 1 aromatic carbocycles. The minimum absolute atomic E-state index is 0.0742. The molecule has 0 unspecified atom stereocenters. The van der Waals surface area contributed by atoms with Crippen molar-refractivity contribution in [2.75, 3.05) is 0 Å². The molecular formula is C8H8N6S. The number of fused-ring (bicyclic) bond motifs is 1. The van der Waals surface area contributed by atoms with Gasteiger partial charge in [0.25, 0.3) is 0 Å². The van der Waals surface area contributed by atoms with Gasteiger partial charge < -0.3 is 11.5 Å². The van der Waals surface area contributed by atoms with Crippen molar-refractivity contribution in [3.63, 3.8) is 0 Å². The highest BCUT2D eigenvalue weighted by Gasteiger charge is 2.01. The lowest BCUT2D eigenvalue weighted by Gasteiger charge is -1.91. The van der Waals surface area contributed by atoms with Crippen LogP contribution in [0, 0.1) is 0 Å². The fraction of sp³-hybridized carbons (Fsp3) is 0. The van der Waals surface area contributed by atoms with E-state index >= 15 is 0 Å². The molecule has 7 heteroatoms. The molecule has 2 rings (SSSR count). The molecule has 4 N–H and O–H groups in total. The summed E-state index contributed by atoms with van der Waals surface area (Å²) in [6.07, 6.45) is 1.55. The highest BCUT2D eigenvalue weighted by atomic mass is 32.1. The Morgan fingerprint density at radius 3 is 3.00 bits per heavy atom. The van der Waals surface area contributed by atoms with Crippen LogP contribution in [-0.4, -0.2) is 20.9 Å². The highest BCUT2D eigenvalue weighted by Crippen LogP contribution is 2.14. The standard InChI is InChI=1S/C8H8N6S/c9-8(10)12-11-4-5-2-1-3-6-7(5)14-15-13-6/h1-4H,(H4,9,10,12)/b11-4+. The van der Waals surface area contributed by atoms with Crippen molar-refractivity contribution in [1.82, 2.24) is 8.75 Å². The number of nitrogens with two attached hydrogens (primary N) is 2. The van der Waals surface area contributed by atoms with Crippen molar-refractivity contribution in [1.29, 1.82) is 0 Å². The summed E-state index contributed by atoms with van der Waals surface area (Å²) in [5.41, 5.74) is 12.8. The number of aromatic nitrogens is 2. The Morgan fingerprint density at radius 2 is 2.20 bits per heavy atom. The van der Waals surface area contributed by atoms with E-state index in [-0.39, 0.29) is 5.96 Å². The molecular weight excluding hydrogens is 212 g/mol. The topological polar surface area (TPSA) is 103 Å². The Bertz CT molecular complexity index is 525. The van der Waals surface area contributed by atoms with Crippen LogP contribution in [0.3, 0.4) is 0 Å². The third kappa shape index (κ3) is 2.08. The number of hydrogen-bond donors (Lipinski definition) is 2. The second-order valence-electron chi connectivity index (χ2n) is 2.75. The maximum Gasteiger partial charge on any atom is 0.211 e. The molecule has 2 aromatic rings. The molecule has 0 aliphatic rings. The summed E-state index contributed by atoms with van der Waals surface area (Å²) in [6.45, 7) is 0. The Kier molecular flexibility index (Phi) is 2.55. The van der Waals surface area contributed by atoms with Crippen LogP contribution in [0.4, 0.5) is 0 Å². The van der Waals surface area contributed by atoms with Gasteiger partial charge in [0.2, 0.25) is 5.96 Å². The second kappa shape index (κ2) is 4.01. The molecule has 0 atom stereocenters. The molecule has 6 nitrogen and oxygen atoms in total. The van der Waals surface area contributed by atoms with E-state index in [1.807, 2.05) is 18.2 Å². The first kappa shape index (κ1) is 9.53. The molecule has 0 amide bonds. The van der Waals surface area contributed by atoms with Gasteiger partial charge in [-0.05, 0) is 6.07 Å². The number of guanidine groups is 1. The minimum atomic E-state index is -0.0742. The summed E-state index contributed by atoms with van der Waals surface area (Å²) in [7, 11) is 0. The van der Waals surface area contributed by atoms with Gasteiger partial charge in [0.15, 0.2) is 0 Å². The summed E-state index contributed by atoms with van der Waals surface area (Å²) in [6, 6.07) is 5.63. The fourth-order valence-electron chi connectivity index (χ4n) is 1.09. The van der Waals surface area contributed by atoms with Crippen LogP contribution in [0.2, 0.25) is 0 Å². The summed E-state index contributed by atoms with van der Waals surface area (Å²) in [5, 5.41) is 7.23. The average molecular weight is 220 g/mol. The largest absolute Gasteiger partial charge is 0.369 e. The lowest BCUT2D eigenvalue weighted by atomic mass is 10.2. The average Bonchev–Trinajstić information content (AvgIpc) is 2.65. The first-order chi connectivity index (χ1) is 7.27. The van der Waals surface area contributed by atoms with Gasteiger partial charge in [-0.15, -0.1) is 5.10 Å². The van der Waals surface area contributed by atoms with Crippen molar-refractivity contribution >= 4 is 34.9 Å². The molecule has 0 spiro atoms. The molecule has 0 saturated carbocycles. The van der Waals surface area contributed by atoms with Gasteiger partial charge in [0, 0.05) is 5.56 Å². The molecule has 0 fully saturated rings. The Morgan fingerprint density at radius 1 is 1.33 bits per heavy atom. The zero-order chi connectivity index (χ0) is 10.7. The van der Waals surface area contributed by atoms with E-state index in [2.05, 4.69) is 18.9 Å². The molecule has 0 bridgehead atoms. The van der Waals surface area contributed by atoms with Crippen molar-refractivity contribution in [2.45, 2.75) is 0 Å². The normalized spacial score (nSPS) is 10.9. The summed E-state index contributed by atoms with van der Waals surface area (Å²) in [5.74, 6) is -0.0742. The molecule has 0 aliphatic heterocycles. The maximum atomic E-state index is 5.14. The summed E-state index contributed by atoms with van der Waals surface area (Å²) in [4.78, 5) is 0. The third-order valence-corrected chi connectivity index (χ3v) is 2.23. The SMILES string of the molecule is NC(N)=N/N=C/c1cccc2nsnc12. The van der Waals surface area contributed by atoms with Crippen LogP contribution < -0.4 is 11.5 Å². The molecule has 1 heterocycles. The number of nitrogens with zero attached hydrogens (tertiary/aromatic N) is 4. The highest BCUT2D eigenvalue weighted by molar-refractivity contribution is 7.00. The van der Waals surface area contributed by atoms with Crippen molar-refractivity contribution < 1.29 is 0 Å². The molecule has 0 radical (unpaired) electrons. The van der Waals surface area contributed by atoms with E-state index in [0.717, 1.165) is 28.3 Å². The van der Waals surface area contributed by atoms with Gasteiger partial charge in [-0.1, -0.05) is 12.1 Å². The quantitative estimate of drug-likeness (QED) is 0.431. The van der Waals surface area contributed by atoms with Crippen LogP contribution in [0.1, 0.15) is 5.56 Å². The molecule has 76 valence electrons. The van der Waals surface area contributed by atoms with E-state index in [1.54, 1.807) is 6.21 Å². The van der Waals surface area contributed by atoms with Gasteiger partial charge in [-0.3, -0.25) is 0 Å². The Labute approximate surface area is 89.6 Å². The van der Waals surface area contributed by atoms with Crippen molar-refractivity contribution in [3.8, 4) is 0 Å².